The minimum atomic E-state index is 0.834. The SMILES string of the molecule is CC1CCC(NC2CC2C)CC1C. The van der Waals surface area contributed by atoms with E-state index in [9.17, 15) is 0 Å². The first-order valence-corrected chi connectivity index (χ1v) is 5.93. The van der Waals surface area contributed by atoms with E-state index < -0.39 is 0 Å². The summed E-state index contributed by atoms with van der Waals surface area (Å²) in [5.41, 5.74) is 0. The van der Waals surface area contributed by atoms with Crippen LogP contribution < -0.4 is 5.32 Å². The zero-order valence-corrected chi connectivity index (χ0v) is 9.22. The maximum Gasteiger partial charge on any atom is 0.00989 e. The molecule has 1 nitrogen and oxygen atoms in total. The summed E-state index contributed by atoms with van der Waals surface area (Å²) < 4.78 is 0. The lowest BCUT2D eigenvalue weighted by molar-refractivity contribution is 0.224. The van der Waals surface area contributed by atoms with Crippen molar-refractivity contribution in [3.63, 3.8) is 0 Å². The molecule has 0 bridgehead atoms. The topological polar surface area (TPSA) is 12.0 Å². The monoisotopic (exact) mass is 181 g/mol. The number of hydrogen-bond donors (Lipinski definition) is 1. The van der Waals surface area contributed by atoms with E-state index in [0.29, 0.717) is 0 Å². The Labute approximate surface area is 82.3 Å². The van der Waals surface area contributed by atoms with Crippen molar-refractivity contribution in [2.45, 2.75) is 58.5 Å². The van der Waals surface area contributed by atoms with Crippen LogP contribution in [-0.4, -0.2) is 12.1 Å². The lowest BCUT2D eigenvalue weighted by atomic mass is 9.79. The van der Waals surface area contributed by atoms with Crippen LogP contribution in [-0.2, 0) is 0 Å². The Hall–Kier alpha value is -0.0400. The largest absolute Gasteiger partial charge is 0.311 e. The van der Waals surface area contributed by atoms with Crippen LogP contribution in [0.5, 0.6) is 0 Å². The van der Waals surface area contributed by atoms with Gasteiger partial charge in [-0.3, -0.25) is 0 Å². The van der Waals surface area contributed by atoms with Crippen LogP contribution in [0, 0.1) is 17.8 Å². The van der Waals surface area contributed by atoms with Crippen LogP contribution >= 0.6 is 0 Å². The van der Waals surface area contributed by atoms with Crippen LogP contribution in [0.15, 0.2) is 0 Å². The molecule has 0 aromatic heterocycles. The van der Waals surface area contributed by atoms with Crippen LogP contribution in [0.1, 0.15) is 46.5 Å². The third-order valence-electron chi connectivity index (χ3n) is 4.16. The molecular formula is C12H23N. The predicted octanol–water partition coefficient (Wildman–Crippen LogP) is 2.81. The smallest absolute Gasteiger partial charge is 0.00989 e. The van der Waals surface area contributed by atoms with Crippen molar-refractivity contribution in [1.82, 2.24) is 5.32 Å². The molecule has 0 aromatic rings. The fraction of sp³-hybridized carbons (Fsp3) is 1.00. The molecule has 0 aliphatic heterocycles. The normalized spacial score (nSPS) is 50.5. The molecule has 0 spiro atoms. The van der Waals surface area contributed by atoms with Crippen LogP contribution in [0.3, 0.4) is 0 Å². The average molecular weight is 181 g/mol. The van der Waals surface area contributed by atoms with E-state index in [2.05, 4.69) is 26.1 Å². The molecule has 76 valence electrons. The quantitative estimate of drug-likeness (QED) is 0.690. The highest BCUT2D eigenvalue weighted by Gasteiger charge is 2.35. The molecule has 5 unspecified atom stereocenters. The van der Waals surface area contributed by atoms with Crippen molar-refractivity contribution < 1.29 is 0 Å². The van der Waals surface area contributed by atoms with Gasteiger partial charge in [0, 0.05) is 12.1 Å². The molecule has 0 radical (unpaired) electrons. The molecule has 13 heavy (non-hydrogen) atoms. The van der Waals surface area contributed by atoms with Gasteiger partial charge in [0.05, 0.1) is 0 Å². The first-order valence-electron chi connectivity index (χ1n) is 5.93. The highest BCUT2D eigenvalue weighted by Crippen LogP contribution is 2.34. The van der Waals surface area contributed by atoms with Gasteiger partial charge in [0.25, 0.3) is 0 Å². The van der Waals surface area contributed by atoms with Gasteiger partial charge in [-0.05, 0) is 43.4 Å². The van der Waals surface area contributed by atoms with Gasteiger partial charge in [0.15, 0.2) is 0 Å². The molecule has 1 N–H and O–H groups in total. The summed E-state index contributed by atoms with van der Waals surface area (Å²) in [5.74, 6) is 2.84. The van der Waals surface area contributed by atoms with Crippen molar-refractivity contribution in [2.75, 3.05) is 0 Å². The van der Waals surface area contributed by atoms with E-state index in [0.717, 1.165) is 29.8 Å². The molecule has 2 aliphatic carbocycles. The maximum atomic E-state index is 3.79. The first-order chi connectivity index (χ1) is 6.16. The highest BCUT2D eigenvalue weighted by atomic mass is 15.0. The predicted molar refractivity (Wildman–Crippen MR) is 56.7 cm³/mol. The molecule has 2 rings (SSSR count). The van der Waals surface area contributed by atoms with Crippen molar-refractivity contribution in [1.29, 1.82) is 0 Å². The average Bonchev–Trinajstić information content (AvgIpc) is 2.75. The Balaban J connectivity index is 1.75. The number of rotatable bonds is 2. The van der Waals surface area contributed by atoms with E-state index in [1.807, 2.05) is 0 Å². The fourth-order valence-electron chi connectivity index (χ4n) is 2.56. The Bertz CT molecular complexity index is 176. The van der Waals surface area contributed by atoms with Gasteiger partial charge in [-0.25, -0.2) is 0 Å². The first kappa shape index (κ1) is 9.51. The molecule has 2 fully saturated rings. The van der Waals surface area contributed by atoms with Gasteiger partial charge in [-0.15, -0.1) is 0 Å². The minimum absolute atomic E-state index is 0.834. The van der Waals surface area contributed by atoms with Crippen LogP contribution in [0.2, 0.25) is 0 Å². The second kappa shape index (κ2) is 3.61. The van der Waals surface area contributed by atoms with E-state index in [4.69, 9.17) is 0 Å². The summed E-state index contributed by atoms with van der Waals surface area (Å²) in [7, 11) is 0. The van der Waals surface area contributed by atoms with Gasteiger partial charge >= 0.3 is 0 Å². The molecule has 0 amide bonds. The standard InChI is InChI=1S/C12H23N/c1-8-4-5-11(6-9(8)2)13-12-7-10(12)3/h8-13H,4-7H2,1-3H3. The molecule has 0 heterocycles. The van der Waals surface area contributed by atoms with E-state index in [-0.39, 0.29) is 0 Å². The van der Waals surface area contributed by atoms with Crippen LogP contribution in [0.25, 0.3) is 0 Å². The molecule has 2 aliphatic rings. The summed E-state index contributed by atoms with van der Waals surface area (Å²) in [6, 6.07) is 1.70. The van der Waals surface area contributed by atoms with Gasteiger partial charge in [0.2, 0.25) is 0 Å². The van der Waals surface area contributed by atoms with Crippen molar-refractivity contribution in [3.05, 3.63) is 0 Å². The second-order valence-corrected chi connectivity index (χ2v) is 5.45. The Morgan fingerprint density at radius 3 is 2.08 bits per heavy atom. The Morgan fingerprint density at radius 2 is 1.54 bits per heavy atom. The number of hydrogen-bond acceptors (Lipinski definition) is 1. The van der Waals surface area contributed by atoms with Crippen molar-refractivity contribution in [2.24, 2.45) is 17.8 Å². The molecule has 0 aromatic carbocycles. The lowest BCUT2D eigenvalue weighted by Crippen LogP contribution is -2.37. The Kier molecular flexibility index (Phi) is 2.64. The van der Waals surface area contributed by atoms with Gasteiger partial charge < -0.3 is 5.32 Å². The minimum Gasteiger partial charge on any atom is -0.311 e. The Morgan fingerprint density at radius 1 is 0.846 bits per heavy atom. The molecule has 2 saturated carbocycles. The fourth-order valence-corrected chi connectivity index (χ4v) is 2.56. The van der Waals surface area contributed by atoms with Gasteiger partial charge in [0.1, 0.15) is 0 Å². The lowest BCUT2D eigenvalue weighted by Gasteiger charge is -2.32. The summed E-state index contributed by atoms with van der Waals surface area (Å²) in [4.78, 5) is 0. The maximum absolute atomic E-state index is 3.79. The summed E-state index contributed by atoms with van der Waals surface area (Å²) in [5, 5.41) is 3.79. The van der Waals surface area contributed by atoms with Crippen molar-refractivity contribution in [3.8, 4) is 0 Å². The van der Waals surface area contributed by atoms with Gasteiger partial charge in [-0.2, -0.15) is 0 Å². The van der Waals surface area contributed by atoms with E-state index >= 15 is 0 Å². The molecular weight excluding hydrogens is 158 g/mol. The van der Waals surface area contributed by atoms with Crippen molar-refractivity contribution >= 4 is 0 Å². The summed E-state index contributed by atoms with van der Waals surface area (Å²) in [6.45, 7) is 7.17. The highest BCUT2D eigenvalue weighted by molar-refractivity contribution is 4.93. The third-order valence-corrected chi connectivity index (χ3v) is 4.16. The molecule has 5 atom stereocenters. The zero-order valence-electron chi connectivity index (χ0n) is 9.22. The molecule has 0 saturated heterocycles. The van der Waals surface area contributed by atoms with Crippen LogP contribution in [0.4, 0.5) is 0 Å². The van der Waals surface area contributed by atoms with E-state index in [1.165, 1.54) is 25.7 Å². The molecule has 1 heteroatoms. The summed E-state index contributed by atoms with van der Waals surface area (Å²) in [6.07, 6.45) is 5.67. The number of nitrogens with one attached hydrogen (secondary N) is 1. The zero-order chi connectivity index (χ0) is 9.42. The second-order valence-electron chi connectivity index (χ2n) is 5.45. The summed E-state index contributed by atoms with van der Waals surface area (Å²) >= 11 is 0. The third kappa shape index (κ3) is 2.25. The van der Waals surface area contributed by atoms with E-state index in [1.54, 1.807) is 0 Å². The van der Waals surface area contributed by atoms with Gasteiger partial charge in [-0.1, -0.05) is 20.8 Å².